The molecule has 2 aliphatic carbocycles. The zero-order chi connectivity index (χ0) is 25.2. The maximum Gasteiger partial charge on any atom is 0.348 e. The number of benzene rings is 2. The second-order valence-electron chi connectivity index (χ2n) is 11.1. The fraction of sp³-hybridized carbons (Fsp3) is 0.429. The number of rotatable bonds is 5. The minimum Gasteiger partial charge on any atom is -0.342 e. The third-order valence-electron chi connectivity index (χ3n) is 8.17. The lowest BCUT2D eigenvalue weighted by atomic mass is 10.00. The van der Waals surface area contributed by atoms with Gasteiger partial charge in [0.25, 0.3) is 0 Å². The van der Waals surface area contributed by atoms with Gasteiger partial charge in [0.2, 0.25) is 5.91 Å². The van der Waals surface area contributed by atoms with Gasteiger partial charge in [-0.15, -0.1) is 0 Å². The molecule has 1 unspecified atom stereocenters. The highest BCUT2D eigenvalue weighted by atomic mass is 19.1. The van der Waals surface area contributed by atoms with Crippen molar-refractivity contribution in [3.63, 3.8) is 0 Å². The fourth-order valence-corrected chi connectivity index (χ4v) is 5.78. The highest BCUT2D eigenvalue weighted by Crippen LogP contribution is 2.52. The number of hydrogen-bond acceptors (Lipinski definition) is 4. The van der Waals surface area contributed by atoms with Crippen LogP contribution in [0.2, 0.25) is 0 Å². The molecule has 7 nitrogen and oxygen atoms in total. The monoisotopic (exact) mass is 488 g/mol. The van der Waals surface area contributed by atoms with Gasteiger partial charge < -0.3 is 4.90 Å². The van der Waals surface area contributed by atoms with Crippen molar-refractivity contribution >= 4 is 11.7 Å². The predicted octanol–water partition coefficient (Wildman–Crippen LogP) is 3.93. The summed E-state index contributed by atoms with van der Waals surface area (Å²) >= 11 is 0. The topological polar surface area (TPSA) is 88.1 Å². The number of aromatic amines is 1. The number of nitrogens with zero attached hydrogens (tertiary/aromatic N) is 3. The van der Waals surface area contributed by atoms with Crippen molar-refractivity contribution in [2.75, 3.05) is 13.1 Å². The minimum absolute atomic E-state index is 0.0960. The summed E-state index contributed by atoms with van der Waals surface area (Å²) in [5.41, 5.74) is 3.02. The minimum atomic E-state index is -0.520. The van der Waals surface area contributed by atoms with Crippen LogP contribution in [0, 0.1) is 23.1 Å². The van der Waals surface area contributed by atoms with Gasteiger partial charge in [0.05, 0.1) is 5.69 Å². The second kappa shape index (κ2) is 8.25. The smallest absolute Gasteiger partial charge is 0.342 e. The third-order valence-corrected chi connectivity index (χ3v) is 8.17. The molecule has 0 bridgehead atoms. The number of nitrogens with one attached hydrogen (secondary N) is 1. The molecule has 6 rings (SSSR count). The van der Waals surface area contributed by atoms with Crippen LogP contribution in [0.5, 0.6) is 0 Å². The molecule has 36 heavy (non-hydrogen) atoms. The van der Waals surface area contributed by atoms with Crippen LogP contribution in [0.15, 0.2) is 41.2 Å². The summed E-state index contributed by atoms with van der Waals surface area (Å²) in [5, 5.41) is 6.65. The average Bonchev–Trinajstić information content (AvgIpc) is 3.24. The van der Waals surface area contributed by atoms with Crippen molar-refractivity contribution in [3.05, 3.63) is 69.7 Å². The first kappa shape index (κ1) is 22.9. The normalized spacial score (nSPS) is 22.2. The Kier molecular flexibility index (Phi) is 5.24. The number of carbonyl (C=O) groups is 2. The van der Waals surface area contributed by atoms with Crippen LogP contribution in [-0.4, -0.2) is 44.4 Å². The molecule has 8 heteroatoms. The number of carbonyl (C=O) groups excluding carboxylic acids is 2. The van der Waals surface area contributed by atoms with Crippen LogP contribution in [0.4, 0.5) is 4.39 Å². The molecular formula is C28H29FN4O3. The number of hydrogen-bond donors (Lipinski definition) is 1. The fourth-order valence-electron chi connectivity index (χ4n) is 5.78. The van der Waals surface area contributed by atoms with E-state index in [1.54, 1.807) is 12.1 Å². The summed E-state index contributed by atoms with van der Waals surface area (Å²) in [6.45, 7) is 5.59. The molecule has 2 atom stereocenters. The van der Waals surface area contributed by atoms with E-state index in [2.05, 4.69) is 24.0 Å². The molecule has 3 aromatic rings. The number of aryl methyl sites for hydroxylation is 1. The Morgan fingerprint density at radius 2 is 1.89 bits per heavy atom. The Morgan fingerprint density at radius 1 is 1.14 bits per heavy atom. The Morgan fingerprint density at radius 3 is 2.64 bits per heavy atom. The number of halogens is 1. The quantitative estimate of drug-likeness (QED) is 0.590. The Labute approximate surface area is 208 Å². The van der Waals surface area contributed by atoms with Gasteiger partial charge in [0.1, 0.15) is 11.6 Å². The molecule has 0 spiro atoms. The molecule has 1 N–H and O–H groups in total. The molecule has 2 fully saturated rings. The number of amides is 1. The third kappa shape index (κ3) is 3.88. The average molecular weight is 489 g/mol. The highest BCUT2D eigenvalue weighted by molar-refractivity contribution is 6.01. The zero-order valence-electron chi connectivity index (χ0n) is 20.5. The molecule has 1 amide bonds. The van der Waals surface area contributed by atoms with Crippen LogP contribution in [0.25, 0.3) is 16.8 Å². The van der Waals surface area contributed by atoms with Gasteiger partial charge in [-0.05, 0) is 59.4 Å². The lowest BCUT2D eigenvalue weighted by molar-refractivity contribution is -0.132. The van der Waals surface area contributed by atoms with Crippen LogP contribution >= 0.6 is 0 Å². The molecule has 2 aromatic carbocycles. The van der Waals surface area contributed by atoms with Crippen LogP contribution in [-0.2, 0) is 17.6 Å². The first-order chi connectivity index (χ1) is 17.2. The van der Waals surface area contributed by atoms with Gasteiger partial charge in [-0.2, -0.15) is 5.10 Å². The van der Waals surface area contributed by atoms with Crippen molar-refractivity contribution < 1.29 is 14.0 Å². The SMILES string of the molecule is CC1(C)CC1C(=O)N1CC[C@@H](Cc2n[nH]c(=O)n2-c2ccc(-c3ccc4c(c3)CCC4=O)cc2F)C1. The first-order valence-corrected chi connectivity index (χ1v) is 12.6. The van der Waals surface area contributed by atoms with E-state index in [-0.39, 0.29) is 34.6 Å². The van der Waals surface area contributed by atoms with Crippen molar-refractivity contribution in [1.82, 2.24) is 19.7 Å². The van der Waals surface area contributed by atoms with E-state index in [1.165, 1.54) is 10.6 Å². The standard InChI is InChI=1S/C28H29FN4O3/c1-28(2)14-21(28)26(35)32-10-9-16(15-32)11-25-30-31-27(36)33(25)23-7-4-18(13-22(23)29)17-3-6-20-19(12-17)5-8-24(20)34/h3-4,6-7,12-13,16,21H,5,8-11,14-15H2,1-2H3,(H,31,36)/t16-,21?/m0/s1. The van der Waals surface area contributed by atoms with E-state index in [4.69, 9.17) is 0 Å². The van der Waals surface area contributed by atoms with Crippen molar-refractivity contribution in [2.45, 2.75) is 46.0 Å². The van der Waals surface area contributed by atoms with E-state index < -0.39 is 11.5 Å². The summed E-state index contributed by atoms with van der Waals surface area (Å²) in [5.74, 6) is 0.595. The summed E-state index contributed by atoms with van der Waals surface area (Å²) < 4.78 is 16.6. The van der Waals surface area contributed by atoms with Gasteiger partial charge >= 0.3 is 5.69 Å². The number of Topliss-reactive ketones (excluding diaryl/α,β-unsaturated/α-hetero) is 1. The maximum absolute atomic E-state index is 15.3. The molecule has 1 saturated heterocycles. The summed E-state index contributed by atoms with van der Waals surface area (Å²) in [6.07, 6.45) is 3.48. The first-order valence-electron chi connectivity index (χ1n) is 12.6. The second-order valence-corrected chi connectivity index (χ2v) is 11.1. The van der Waals surface area contributed by atoms with Crippen molar-refractivity contribution in [3.8, 4) is 16.8 Å². The lowest BCUT2D eigenvalue weighted by Crippen LogP contribution is -2.31. The molecule has 1 aliphatic heterocycles. The van der Waals surface area contributed by atoms with Crippen LogP contribution < -0.4 is 5.69 Å². The predicted molar refractivity (Wildman–Crippen MR) is 133 cm³/mol. The lowest BCUT2D eigenvalue weighted by Gasteiger charge is -2.17. The molecule has 1 aromatic heterocycles. The molecule has 2 heterocycles. The molecular weight excluding hydrogens is 459 g/mol. The molecule has 3 aliphatic rings. The van der Waals surface area contributed by atoms with E-state index in [0.29, 0.717) is 43.7 Å². The van der Waals surface area contributed by atoms with Gasteiger partial charge in [-0.25, -0.2) is 18.9 Å². The summed E-state index contributed by atoms with van der Waals surface area (Å²) in [4.78, 5) is 39.2. The number of H-pyrrole nitrogens is 1. The van der Waals surface area contributed by atoms with Gasteiger partial charge in [0, 0.05) is 37.4 Å². The maximum atomic E-state index is 15.3. The Hall–Kier alpha value is -3.55. The van der Waals surface area contributed by atoms with E-state index in [0.717, 1.165) is 29.5 Å². The molecule has 0 radical (unpaired) electrons. The number of likely N-dealkylation sites (tertiary alicyclic amines) is 1. The van der Waals surface area contributed by atoms with E-state index in [1.807, 2.05) is 23.1 Å². The number of aromatic nitrogens is 3. The van der Waals surface area contributed by atoms with Crippen molar-refractivity contribution in [1.29, 1.82) is 0 Å². The van der Waals surface area contributed by atoms with E-state index in [9.17, 15) is 14.4 Å². The molecule has 1 saturated carbocycles. The number of ketones is 1. The van der Waals surface area contributed by atoms with Crippen molar-refractivity contribution in [2.24, 2.45) is 17.3 Å². The van der Waals surface area contributed by atoms with Gasteiger partial charge in [-0.1, -0.05) is 38.1 Å². The van der Waals surface area contributed by atoms with Crippen LogP contribution in [0.1, 0.15) is 54.9 Å². The zero-order valence-corrected chi connectivity index (χ0v) is 20.5. The Bertz CT molecular complexity index is 1450. The molecule has 186 valence electrons. The highest BCUT2D eigenvalue weighted by Gasteiger charge is 2.52. The van der Waals surface area contributed by atoms with Gasteiger partial charge in [0.15, 0.2) is 5.78 Å². The largest absolute Gasteiger partial charge is 0.348 e. The Balaban J connectivity index is 1.21. The van der Waals surface area contributed by atoms with Gasteiger partial charge in [-0.3, -0.25) is 9.59 Å². The summed E-state index contributed by atoms with van der Waals surface area (Å²) in [7, 11) is 0. The van der Waals surface area contributed by atoms with Crippen LogP contribution in [0.3, 0.4) is 0 Å². The summed E-state index contributed by atoms with van der Waals surface area (Å²) in [6, 6.07) is 10.4. The van der Waals surface area contributed by atoms with E-state index >= 15 is 4.39 Å². The number of fused-ring (bicyclic) bond motifs is 1.